The summed E-state index contributed by atoms with van der Waals surface area (Å²) in [5, 5.41) is 3.33. The molecule has 0 saturated carbocycles. The minimum absolute atomic E-state index is 0.354. The molecule has 0 unspecified atom stereocenters. The van der Waals surface area contributed by atoms with Crippen LogP contribution in [0.25, 0.3) is 0 Å². The SMILES string of the molecule is COc1ccc([C@@H]2[C@H](NC(=O)c3ccc(Cl)cc3)C(=O)N/[N+]2=C\c2ccc(F)cc2)cc1. The number of amides is 2. The maximum absolute atomic E-state index is 13.3. The summed E-state index contributed by atoms with van der Waals surface area (Å²) in [6.07, 6.45) is 1.70. The molecule has 4 rings (SSSR count). The van der Waals surface area contributed by atoms with Crippen molar-refractivity contribution < 1.29 is 23.4 Å². The summed E-state index contributed by atoms with van der Waals surface area (Å²) < 4.78 is 20.1. The second kappa shape index (κ2) is 9.20. The van der Waals surface area contributed by atoms with Gasteiger partial charge in [0.05, 0.1) is 7.11 Å². The van der Waals surface area contributed by atoms with Gasteiger partial charge in [0.2, 0.25) is 12.3 Å². The number of hydrazine groups is 1. The summed E-state index contributed by atoms with van der Waals surface area (Å²) in [5.74, 6) is -0.454. The van der Waals surface area contributed by atoms with Gasteiger partial charge in [-0.2, -0.15) is 0 Å². The molecule has 1 aliphatic rings. The van der Waals surface area contributed by atoms with Crippen molar-refractivity contribution in [2.45, 2.75) is 12.1 Å². The van der Waals surface area contributed by atoms with Crippen LogP contribution in [0.1, 0.15) is 27.5 Å². The lowest BCUT2D eigenvalue weighted by atomic mass is 9.99. The summed E-state index contributed by atoms with van der Waals surface area (Å²) in [5.41, 5.74) is 4.65. The third-order valence-corrected chi connectivity index (χ3v) is 5.40. The van der Waals surface area contributed by atoms with Crippen molar-refractivity contribution in [2.75, 3.05) is 7.11 Å². The third kappa shape index (κ3) is 4.63. The van der Waals surface area contributed by atoms with Crippen LogP contribution in [0.5, 0.6) is 5.75 Å². The van der Waals surface area contributed by atoms with Crippen LogP contribution in [0.4, 0.5) is 4.39 Å². The van der Waals surface area contributed by atoms with Crippen LogP contribution >= 0.6 is 11.6 Å². The Bertz CT molecular complexity index is 1160. The molecule has 0 radical (unpaired) electrons. The number of rotatable bonds is 5. The minimum Gasteiger partial charge on any atom is -0.497 e. The van der Waals surface area contributed by atoms with Crippen molar-refractivity contribution >= 4 is 29.6 Å². The third-order valence-electron chi connectivity index (χ3n) is 5.15. The lowest BCUT2D eigenvalue weighted by molar-refractivity contribution is -0.596. The Hall–Kier alpha value is -3.71. The number of hydrazone groups is 1. The van der Waals surface area contributed by atoms with E-state index in [-0.39, 0.29) is 11.7 Å². The molecule has 0 aliphatic carbocycles. The minimum atomic E-state index is -0.872. The Balaban J connectivity index is 1.69. The maximum Gasteiger partial charge on any atom is 0.304 e. The normalized spacial score (nSPS) is 19.0. The van der Waals surface area contributed by atoms with Crippen LogP contribution in [-0.2, 0) is 4.79 Å². The fraction of sp³-hybridized carbons (Fsp3) is 0.125. The van der Waals surface area contributed by atoms with Gasteiger partial charge in [0.15, 0.2) is 6.04 Å². The molecular formula is C24H20ClFN3O3+. The standard InChI is InChI=1S/C24H19ClFN3O3/c1-32-20-12-6-16(7-13-20)22-21(27-23(30)17-4-8-18(25)9-5-17)24(31)28-29(22)14-15-2-10-19(26)11-3-15/h2-14,21-22H,1H3,(H-,27,28,30,31)/p+1/b29-14-/t21-,22+/m0/s1. The topological polar surface area (TPSA) is 70.4 Å². The van der Waals surface area contributed by atoms with Gasteiger partial charge < -0.3 is 10.1 Å². The van der Waals surface area contributed by atoms with Gasteiger partial charge in [-0.3, -0.25) is 9.59 Å². The summed E-state index contributed by atoms with van der Waals surface area (Å²) in [6.45, 7) is 0. The number of hydrogen-bond donors (Lipinski definition) is 2. The number of hydrogen-bond acceptors (Lipinski definition) is 3. The van der Waals surface area contributed by atoms with E-state index in [1.165, 1.54) is 12.1 Å². The number of ether oxygens (including phenoxy) is 1. The molecule has 8 heteroatoms. The molecule has 1 heterocycles. The summed E-state index contributed by atoms with van der Waals surface area (Å²) in [6, 6.07) is 18.1. The molecule has 1 saturated heterocycles. The number of carbonyl (C=O) groups is 2. The first-order valence-corrected chi connectivity index (χ1v) is 10.2. The number of nitrogens with one attached hydrogen (secondary N) is 2. The van der Waals surface area contributed by atoms with Gasteiger partial charge in [0.25, 0.3) is 5.91 Å². The molecule has 162 valence electrons. The first-order chi connectivity index (χ1) is 15.4. The molecule has 2 amide bonds. The highest BCUT2D eigenvalue weighted by molar-refractivity contribution is 6.30. The molecule has 3 aromatic rings. The van der Waals surface area contributed by atoms with Gasteiger partial charge in [-0.25, -0.2) is 4.39 Å². The molecule has 0 aromatic heterocycles. The Labute approximate surface area is 189 Å². The molecule has 2 N–H and O–H groups in total. The predicted octanol–water partition coefficient (Wildman–Crippen LogP) is 3.50. The van der Waals surface area contributed by atoms with Crippen LogP contribution in [-0.4, -0.2) is 35.9 Å². The number of benzene rings is 3. The fourth-order valence-electron chi connectivity index (χ4n) is 3.52. The average Bonchev–Trinajstić information content (AvgIpc) is 3.10. The molecule has 6 nitrogen and oxygen atoms in total. The molecule has 0 spiro atoms. The quantitative estimate of drug-likeness (QED) is 0.582. The molecule has 1 fully saturated rings. The van der Waals surface area contributed by atoms with E-state index in [4.69, 9.17) is 16.3 Å². The lowest BCUT2D eigenvalue weighted by Gasteiger charge is -2.15. The van der Waals surface area contributed by atoms with Gasteiger partial charge in [0, 0.05) is 21.7 Å². The predicted molar refractivity (Wildman–Crippen MR) is 118 cm³/mol. The van der Waals surface area contributed by atoms with E-state index in [1.807, 2.05) is 12.1 Å². The second-order valence-corrected chi connectivity index (χ2v) is 7.68. The number of halogens is 2. The Kier molecular flexibility index (Phi) is 6.18. The van der Waals surface area contributed by atoms with Crippen molar-refractivity contribution in [1.29, 1.82) is 0 Å². The largest absolute Gasteiger partial charge is 0.497 e. The maximum atomic E-state index is 13.3. The van der Waals surface area contributed by atoms with E-state index in [9.17, 15) is 14.0 Å². The van der Waals surface area contributed by atoms with Crippen molar-refractivity contribution in [1.82, 2.24) is 10.7 Å². The second-order valence-electron chi connectivity index (χ2n) is 7.24. The van der Waals surface area contributed by atoms with Gasteiger partial charge >= 0.3 is 5.91 Å². The fourth-order valence-corrected chi connectivity index (χ4v) is 3.64. The summed E-state index contributed by atoms with van der Waals surface area (Å²) in [7, 11) is 1.57. The molecule has 2 atom stereocenters. The smallest absolute Gasteiger partial charge is 0.304 e. The van der Waals surface area contributed by atoms with Crippen LogP contribution in [0.15, 0.2) is 72.8 Å². The van der Waals surface area contributed by atoms with Gasteiger partial charge in [-0.1, -0.05) is 11.6 Å². The van der Waals surface area contributed by atoms with Crippen molar-refractivity contribution in [3.05, 3.63) is 100 Å². The summed E-state index contributed by atoms with van der Waals surface area (Å²) in [4.78, 5) is 25.7. The first-order valence-electron chi connectivity index (χ1n) is 9.84. The van der Waals surface area contributed by atoms with Crippen molar-refractivity contribution in [3.63, 3.8) is 0 Å². The Morgan fingerprint density at radius 1 is 1.06 bits per heavy atom. The van der Waals surface area contributed by atoms with E-state index in [0.29, 0.717) is 21.9 Å². The average molecular weight is 453 g/mol. The van der Waals surface area contributed by atoms with E-state index >= 15 is 0 Å². The highest BCUT2D eigenvalue weighted by Gasteiger charge is 2.47. The van der Waals surface area contributed by atoms with Crippen LogP contribution in [0.3, 0.4) is 0 Å². The molecule has 1 aliphatic heterocycles. The number of methoxy groups -OCH3 is 1. The first kappa shape index (κ1) is 21.5. The number of carbonyl (C=O) groups excluding carboxylic acids is 2. The Morgan fingerprint density at radius 2 is 1.72 bits per heavy atom. The van der Waals surface area contributed by atoms with Gasteiger partial charge in [0.1, 0.15) is 11.6 Å². The highest BCUT2D eigenvalue weighted by atomic mass is 35.5. The molecule has 3 aromatic carbocycles. The number of nitrogens with zero attached hydrogens (tertiary/aromatic N) is 1. The highest BCUT2D eigenvalue weighted by Crippen LogP contribution is 2.27. The monoisotopic (exact) mass is 452 g/mol. The zero-order valence-electron chi connectivity index (χ0n) is 17.1. The lowest BCUT2D eigenvalue weighted by Crippen LogP contribution is -2.42. The summed E-state index contributed by atoms with van der Waals surface area (Å²) >= 11 is 5.90. The van der Waals surface area contributed by atoms with Crippen LogP contribution < -0.4 is 15.5 Å². The molecular weight excluding hydrogens is 433 g/mol. The Morgan fingerprint density at radius 3 is 2.34 bits per heavy atom. The van der Waals surface area contributed by atoms with Crippen LogP contribution in [0.2, 0.25) is 5.02 Å². The van der Waals surface area contributed by atoms with Gasteiger partial charge in [-0.15, -0.1) is 10.1 Å². The van der Waals surface area contributed by atoms with Crippen LogP contribution in [0, 0.1) is 5.82 Å². The van der Waals surface area contributed by atoms with Gasteiger partial charge in [-0.05, 0) is 72.8 Å². The van der Waals surface area contributed by atoms with E-state index in [0.717, 1.165) is 5.56 Å². The zero-order chi connectivity index (χ0) is 22.7. The van der Waals surface area contributed by atoms with Crippen molar-refractivity contribution in [2.24, 2.45) is 0 Å². The molecule has 32 heavy (non-hydrogen) atoms. The van der Waals surface area contributed by atoms with E-state index in [1.54, 1.807) is 66.5 Å². The van der Waals surface area contributed by atoms with E-state index in [2.05, 4.69) is 10.7 Å². The molecule has 0 bridgehead atoms. The van der Waals surface area contributed by atoms with E-state index < -0.39 is 18.0 Å². The van der Waals surface area contributed by atoms with Crippen molar-refractivity contribution in [3.8, 4) is 5.75 Å². The zero-order valence-corrected chi connectivity index (χ0v) is 17.8.